The van der Waals surface area contributed by atoms with Gasteiger partial charge in [0, 0.05) is 21.1 Å². The molecule has 0 aliphatic carbocycles. The van der Waals surface area contributed by atoms with Crippen LogP contribution in [0.25, 0.3) is 0 Å². The molecule has 5 nitrogen and oxygen atoms in total. The molecule has 2 rings (SSSR count). The predicted molar refractivity (Wildman–Crippen MR) is 79.7 cm³/mol. The molecule has 1 saturated heterocycles. The van der Waals surface area contributed by atoms with E-state index in [0.717, 1.165) is 8.95 Å². The SMILES string of the molecule is O=C(NCC1CCC(C(=O)O)O1)c1cc(Br)cc(Br)c1. The van der Waals surface area contributed by atoms with Gasteiger partial charge in [-0.25, -0.2) is 4.79 Å². The van der Waals surface area contributed by atoms with E-state index in [0.29, 0.717) is 24.9 Å². The topological polar surface area (TPSA) is 75.6 Å². The van der Waals surface area contributed by atoms with Gasteiger partial charge in [0.15, 0.2) is 6.10 Å². The fraction of sp³-hybridized carbons (Fsp3) is 0.385. The highest BCUT2D eigenvalue weighted by atomic mass is 79.9. The lowest BCUT2D eigenvalue weighted by atomic mass is 10.2. The van der Waals surface area contributed by atoms with Gasteiger partial charge in [0.2, 0.25) is 0 Å². The smallest absolute Gasteiger partial charge is 0.332 e. The minimum absolute atomic E-state index is 0.214. The number of aliphatic carboxylic acids is 1. The zero-order valence-electron chi connectivity index (χ0n) is 10.4. The third-order valence-electron chi connectivity index (χ3n) is 3.00. The number of halogens is 2. The molecule has 1 aromatic carbocycles. The van der Waals surface area contributed by atoms with Gasteiger partial charge in [0.25, 0.3) is 5.91 Å². The van der Waals surface area contributed by atoms with Gasteiger partial charge >= 0.3 is 5.97 Å². The van der Waals surface area contributed by atoms with Crippen LogP contribution in [0, 0.1) is 0 Å². The molecule has 0 aromatic heterocycles. The molecule has 0 bridgehead atoms. The van der Waals surface area contributed by atoms with Gasteiger partial charge in [-0.1, -0.05) is 31.9 Å². The van der Waals surface area contributed by atoms with Crippen LogP contribution in [-0.2, 0) is 9.53 Å². The molecule has 1 heterocycles. The zero-order valence-corrected chi connectivity index (χ0v) is 13.6. The highest BCUT2D eigenvalue weighted by molar-refractivity contribution is 9.11. The van der Waals surface area contributed by atoms with Crippen molar-refractivity contribution >= 4 is 43.7 Å². The van der Waals surface area contributed by atoms with E-state index in [1.807, 2.05) is 6.07 Å². The van der Waals surface area contributed by atoms with Crippen molar-refractivity contribution in [3.8, 4) is 0 Å². The first-order valence-corrected chi connectivity index (χ1v) is 7.67. The standard InChI is InChI=1S/C13H13Br2NO4/c14-8-3-7(4-9(15)5-8)12(17)16-6-10-1-2-11(20-10)13(18)19/h3-5,10-11H,1-2,6H2,(H,16,17)(H,18,19). The molecule has 108 valence electrons. The Morgan fingerprint density at radius 2 is 1.90 bits per heavy atom. The molecule has 2 unspecified atom stereocenters. The second-order valence-corrected chi connectivity index (χ2v) is 6.36. The lowest BCUT2D eigenvalue weighted by Gasteiger charge is -2.12. The first-order valence-electron chi connectivity index (χ1n) is 6.08. The van der Waals surface area contributed by atoms with Gasteiger partial charge in [0.1, 0.15) is 0 Å². The number of carboxylic acid groups (broad SMARTS) is 1. The van der Waals surface area contributed by atoms with Gasteiger partial charge < -0.3 is 15.2 Å². The Morgan fingerprint density at radius 3 is 2.45 bits per heavy atom. The number of nitrogens with one attached hydrogen (secondary N) is 1. The summed E-state index contributed by atoms with van der Waals surface area (Å²) in [5.74, 6) is -1.16. The van der Waals surface area contributed by atoms with Crippen molar-refractivity contribution in [1.29, 1.82) is 0 Å². The molecule has 2 atom stereocenters. The normalized spacial score (nSPS) is 21.7. The molecule has 1 aliphatic heterocycles. The van der Waals surface area contributed by atoms with Crippen molar-refractivity contribution in [3.63, 3.8) is 0 Å². The summed E-state index contributed by atoms with van der Waals surface area (Å²) in [5, 5.41) is 11.6. The maximum absolute atomic E-state index is 12.0. The largest absolute Gasteiger partial charge is 0.479 e. The Morgan fingerprint density at radius 1 is 1.25 bits per heavy atom. The Balaban J connectivity index is 1.88. The van der Waals surface area contributed by atoms with Crippen LogP contribution in [0.4, 0.5) is 0 Å². The van der Waals surface area contributed by atoms with Crippen LogP contribution in [0.3, 0.4) is 0 Å². The summed E-state index contributed by atoms with van der Waals surface area (Å²) >= 11 is 6.64. The van der Waals surface area contributed by atoms with E-state index < -0.39 is 12.1 Å². The summed E-state index contributed by atoms with van der Waals surface area (Å²) in [6.07, 6.45) is 0.130. The van der Waals surface area contributed by atoms with Crippen molar-refractivity contribution in [2.45, 2.75) is 25.0 Å². The monoisotopic (exact) mass is 405 g/mol. The van der Waals surface area contributed by atoms with E-state index in [2.05, 4.69) is 37.2 Å². The second-order valence-electron chi connectivity index (χ2n) is 4.53. The maximum Gasteiger partial charge on any atom is 0.332 e. The van der Waals surface area contributed by atoms with Gasteiger partial charge in [-0.15, -0.1) is 0 Å². The third kappa shape index (κ3) is 4.04. The van der Waals surface area contributed by atoms with Crippen LogP contribution in [0.15, 0.2) is 27.1 Å². The van der Waals surface area contributed by atoms with Gasteiger partial charge in [-0.3, -0.25) is 4.79 Å². The number of hydrogen-bond donors (Lipinski definition) is 2. The molecule has 0 saturated carbocycles. The summed E-state index contributed by atoms with van der Waals surface area (Å²) < 4.78 is 6.94. The quantitative estimate of drug-likeness (QED) is 0.805. The van der Waals surface area contributed by atoms with Crippen LogP contribution in [0.1, 0.15) is 23.2 Å². The van der Waals surface area contributed by atoms with Crippen molar-refractivity contribution < 1.29 is 19.4 Å². The van der Waals surface area contributed by atoms with E-state index in [1.165, 1.54) is 0 Å². The first kappa shape index (κ1) is 15.5. The average Bonchev–Trinajstić information content (AvgIpc) is 2.83. The van der Waals surface area contributed by atoms with E-state index >= 15 is 0 Å². The molecule has 7 heteroatoms. The lowest BCUT2D eigenvalue weighted by Crippen LogP contribution is -2.33. The van der Waals surface area contributed by atoms with Crippen molar-refractivity contribution in [1.82, 2.24) is 5.32 Å². The number of rotatable bonds is 4. The summed E-state index contributed by atoms with van der Waals surface area (Å²) in [6, 6.07) is 5.28. The van der Waals surface area contributed by atoms with Gasteiger partial charge in [0.05, 0.1) is 6.10 Å². The molecule has 2 N–H and O–H groups in total. The summed E-state index contributed by atoms with van der Waals surface area (Å²) in [7, 11) is 0. The number of carbonyl (C=O) groups is 2. The fourth-order valence-corrected chi connectivity index (χ4v) is 3.32. The van der Waals surface area contributed by atoms with Gasteiger partial charge in [-0.05, 0) is 31.0 Å². The van der Waals surface area contributed by atoms with Crippen LogP contribution >= 0.6 is 31.9 Å². The average molecular weight is 407 g/mol. The van der Waals surface area contributed by atoms with E-state index in [9.17, 15) is 9.59 Å². The highest BCUT2D eigenvalue weighted by Gasteiger charge is 2.30. The highest BCUT2D eigenvalue weighted by Crippen LogP contribution is 2.21. The minimum atomic E-state index is -0.949. The minimum Gasteiger partial charge on any atom is -0.479 e. The van der Waals surface area contributed by atoms with Crippen LogP contribution in [0.2, 0.25) is 0 Å². The van der Waals surface area contributed by atoms with E-state index in [-0.39, 0.29) is 12.0 Å². The predicted octanol–water partition coefficient (Wildman–Crippen LogP) is 2.57. The van der Waals surface area contributed by atoms with Crippen molar-refractivity contribution in [2.24, 2.45) is 0 Å². The fourth-order valence-electron chi connectivity index (χ4n) is 2.03. The van der Waals surface area contributed by atoms with Crippen LogP contribution in [0.5, 0.6) is 0 Å². The first-order chi connectivity index (χ1) is 9.45. The van der Waals surface area contributed by atoms with Gasteiger partial charge in [-0.2, -0.15) is 0 Å². The Labute approximate surface area is 132 Å². The Kier molecular flexibility index (Phi) is 5.17. The lowest BCUT2D eigenvalue weighted by molar-refractivity contribution is -0.149. The molecule has 1 aromatic rings. The number of carbonyl (C=O) groups excluding carboxylic acids is 1. The maximum atomic E-state index is 12.0. The molecule has 1 amide bonds. The molecular weight excluding hydrogens is 394 g/mol. The van der Waals surface area contributed by atoms with Crippen molar-refractivity contribution in [2.75, 3.05) is 6.54 Å². The number of carboxylic acids is 1. The molecule has 0 radical (unpaired) electrons. The molecular formula is C13H13Br2NO4. The van der Waals surface area contributed by atoms with E-state index in [1.54, 1.807) is 12.1 Å². The third-order valence-corrected chi connectivity index (χ3v) is 3.91. The summed E-state index contributed by atoms with van der Waals surface area (Å²) in [4.78, 5) is 22.8. The summed E-state index contributed by atoms with van der Waals surface area (Å²) in [6.45, 7) is 0.312. The number of hydrogen-bond acceptors (Lipinski definition) is 3. The van der Waals surface area contributed by atoms with Crippen LogP contribution < -0.4 is 5.32 Å². The van der Waals surface area contributed by atoms with Crippen LogP contribution in [-0.4, -0.2) is 35.7 Å². The molecule has 1 fully saturated rings. The number of amides is 1. The zero-order chi connectivity index (χ0) is 14.7. The Hall–Kier alpha value is -0.920. The van der Waals surface area contributed by atoms with Crippen molar-refractivity contribution in [3.05, 3.63) is 32.7 Å². The Bertz CT molecular complexity index is 515. The number of benzene rings is 1. The summed E-state index contributed by atoms with van der Waals surface area (Å²) in [5.41, 5.74) is 0.527. The number of ether oxygens (including phenoxy) is 1. The molecule has 0 spiro atoms. The molecule has 1 aliphatic rings. The molecule has 20 heavy (non-hydrogen) atoms. The van der Waals surface area contributed by atoms with E-state index in [4.69, 9.17) is 9.84 Å². The second kappa shape index (κ2) is 6.69.